The molecule has 0 spiro atoms. The first kappa shape index (κ1) is 18.6. The van der Waals surface area contributed by atoms with Gasteiger partial charge in [-0.15, -0.1) is 0 Å². The minimum absolute atomic E-state index is 0.0227. The molecule has 10 nitrogen and oxygen atoms in total. The fourth-order valence-electron chi connectivity index (χ4n) is 4.21. The van der Waals surface area contributed by atoms with E-state index in [4.69, 9.17) is 21.1 Å². The van der Waals surface area contributed by atoms with Crippen molar-refractivity contribution in [3.8, 4) is 0 Å². The molecule has 3 fully saturated rings. The lowest BCUT2D eigenvalue weighted by Crippen LogP contribution is -2.45. The largest absolute Gasteiger partial charge is 0.371 e. The van der Waals surface area contributed by atoms with Crippen molar-refractivity contribution < 1.29 is 14.3 Å². The van der Waals surface area contributed by atoms with Crippen LogP contribution in [0.2, 0.25) is 5.02 Å². The highest BCUT2D eigenvalue weighted by Crippen LogP contribution is 2.34. The molecule has 0 saturated carbocycles. The second kappa shape index (κ2) is 7.43. The highest BCUT2D eigenvalue weighted by atomic mass is 35.5. The molecule has 0 bridgehead atoms. The predicted molar refractivity (Wildman–Crippen MR) is 105 cm³/mol. The SMILES string of the molecule is Cn1cc(Nc2ncc(Cl)c(NC3COC4C3OCC4N3CCCC3=O)n2)cn1. The summed E-state index contributed by atoms with van der Waals surface area (Å²) >= 11 is 6.31. The molecule has 11 heteroatoms. The van der Waals surface area contributed by atoms with Crippen LogP contribution in [0.15, 0.2) is 18.6 Å². The van der Waals surface area contributed by atoms with Crippen LogP contribution in [0.3, 0.4) is 0 Å². The summed E-state index contributed by atoms with van der Waals surface area (Å²) in [5.41, 5.74) is 0.780. The first-order valence-corrected chi connectivity index (χ1v) is 10.0. The van der Waals surface area contributed by atoms with E-state index in [9.17, 15) is 4.79 Å². The second-order valence-corrected chi connectivity index (χ2v) is 7.93. The van der Waals surface area contributed by atoms with E-state index < -0.39 is 0 Å². The number of rotatable bonds is 5. The van der Waals surface area contributed by atoms with Gasteiger partial charge in [-0.2, -0.15) is 10.1 Å². The topological polar surface area (TPSA) is 106 Å². The molecule has 3 saturated heterocycles. The molecule has 4 unspecified atom stereocenters. The fourth-order valence-corrected chi connectivity index (χ4v) is 4.35. The number of carbonyl (C=O) groups excluding carboxylic acids is 1. The molecule has 1 amide bonds. The molecular formula is C18H22ClN7O3. The molecular weight excluding hydrogens is 398 g/mol. The van der Waals surface area contributed by atoms with Gasteiger partial charge in [0.05, 0.1) is 43.4 Å². The lowest BCUT2D eigenvalue weighted by Gasteiger charge is -2.26. The van der Waals surface area contributed by atoms with Crippen molar-refractivity contribution in [1.29, 1.82) is 0 Å². The van der Waals surface area contributed by atoms with Gasteiger partial charge in [-0.25, -0.2) is 4.98 Å². The van der Waals surface area contributed by atoms with Gasteiger partial charge in [0.25, 0.3) is 0 Å². The molecule has 2 N–H and O–H groups in total. The van der Waals surface area contributed by atoms with E-state index in [0.29, 0.717) is 36.4 Å². The van der Waals surface area contributed by atoms with Gasteiger partial charge < -0.3 is 25.0 Å². The molecule has 0 aliphatic carbocycles. The Kier molecular flexibility index (Phi) is 4.76. The molecule has 5 rings (SSSR count). The van der Waals surface area contributed by atoms with Gasteiger partial charge in [0.15, 0.2) is 5.82 Å². The van der Waals surface area contributed by atoms with Crippen molar-refractivity contribution in [3.05, 3.63) is 23.6 Å². The standard InChI is InChI=1S/C18H22ClN7O3/c1-25-7-10(5-21-25)22-18-20-6-11(19)17(24-18)23-12-8-28-16-13(9-29-15(12)16)26-4-2-3-14(26)27/h5-7,12-13,15-16H,2-4,8-9H2,1H3,(H2,20,22,23,24). The minimum atomic E-state index is -0.158. The predicted octanol–water partition coefficient (Wildman–Crippen LogP) is 1.18. The summed E-state index contributed by atoms with van der Waals surface area (Å²) < 4.78 is 13.7. The summed E-state index contributed by atoms with van der Waals surface area (Å²) in [7, 11) is 1.84. The molecule has 0 radical (unpaired) electrons. The van der Waals surface area contributed by atoms with Gasteiger partial charge in [-0.05, 0) is 6.42 Å². The molecule has 2 aromatic rings. The zero-order chi connectivity index (χ0) is 20.0. The first-order chi connectivity index (χ1) is 14.1. The Hall–Kier alpha value is -2.43. The maximum atomic E-state index is 12.1. The number of likely N-dealkylation sites (tertiary alicyclic amines) is 1. The van der Waals surface area contributed by atoms with Crippen molar-refractivity contribution >= 4 is 35.0 Å². The number of nitrogens with zero attached hydrogens (tertiary/aromatic N) is 5. The van der Waals surface area contributed by atoms with E-state index in [1.807, 2.05) is 18.1 Å². The fraction of sp³-hybridized carbons (Fsp3) is 0.556. The van der Waals surface area contributed by atoms with E-state index in [2.05, 4.69) is 25.7 Å². The van der Waals surface area contributed by atoms with Crippen LogP contribution in [0, 0.1) is 0 Å². The van der Waals surface area contributed by atoms with E-state index in [1.165, 1.54) is 0 Å². The summed E-state index contributed by atoms with van der Waals surface area (Å²) in [6.07, 6.45) is 6.28. The van der Waals surface area contributed by atoms with Crippen LogP contribution < -0.4 is 10.6 Å². The Labute approximate surface area is 172 Å². The van der Waals surface area contributed by atoms with Crippen LogP contribution in [0.5, 0.6) is 0 Å². The summed E-state index contributed by atoms with van der Waals surface area (Å²) in [5.74, 6) is 1.10. The van der Waals surface area contributed by atoms with Crippen LogP contribution >= 0.6 is 11.6 Å². The van der Waals surface area contributed by atoms with Crippen molar-refractivity contribution in [2.45, 2.75) is 37.1 Å². The van der Waals surface area contributed by atoms with Gasteiger partial charge in [-0.1, -0.05) is 11.6 Å². The number of aryl methyl sites for hydroxylation is 1. The number of fused-ring (bicyclic) bond motifs is 1. The number of anilines is 3. The zero-order valence-electron chi connectivity index (χ0n) is 15.9. The molecule has 0 aromatic carbocycles. The Morgan fingerprint density at radius 2 is 2.10 bits per heavy atom. The van der Waals surface area contributed by atoms with Crippen molar-refractivity contribution in [2.75, 3.05) is 30.4 Å². The Morgan fingerprint density at radius 1 is 1.24 bits per heavy atom. The number of halogens is 1. The van der Waals surface area contributed by atoms with Crippen molar-refractivity contribution in [2.24, 2.45) is 7.05 Å². The van der Waals surface area contributed by atoms with Crippen LogP contribution in [0.4, 0.5) is 17.5 Å². The summed E-state index contributed by atoms with van der Waals surface area (Å²) in [6.45, 7) is 1.72. The summed E-state index contributed by atoms with van der Waals surface area (Å²) in [5, 5.41) is 11.0. The third-order valence-corrected chi connectivity index (χ3v) is 5.84. The number of nitrogens with one attached hydrogen (secondary N) is 2. The third kappa shape index (κ3) is 3.52. The van der Waals surface area contributed by atoms with Gasteiger partial charge >= 0.3 is 0 Å². The van der Waals surface area contributed by atoms with Gasteiger partial charge in [0.1, 0.15) is 17.2 Å². The van der Waals surface area contributed by atoms with Gasteiger partial charge in [0.2, 0.25) is 11.9 Å². The maximum Gasteiger partial charge on any atom is 0.229 e. The van der Waals surface area contributed by atoms with E-state index in [0.717, 1.165) is 18.7 Å². The monoisotopic (exact) mass is 419 g/mol. The first-order valence-electron chi connectivity index (χ1n) is 9.66. The Balaban J connectivity index is 1.28. The quantitative estimate of drug-likeness (QED) is 0.744. The smallest absolute Gasteiger partial charge is 0.229 e. The number of hydrogen-bond donors (Lipinski definition) is 2. The molecule has 3 aliphatic rings. The molecule has 5 heterocycles. The Bertz CT molecular complexity index is 923. The second-order valence-electron chi connectivity index (χ2n) is 7.52. The number of carbonyl (C=O) groups is 1. The molecule has 29 heavy (non-hydrogen) atoms. The highest BCUT2D eigenvalue weighted by molar-refractivity contribution is 6.32. The number of ether oxygens (including phenoxy) is 2. The number of hydrogen-bond acceptors (Lipinski definition) is 8. The highest BCUT2D eigenvalue weighted by Gasteiger charge is 2.51. The van der Waals surface area contributed by atoms with Crippen molar-refractivity contribution in [3.63, 3.8) is 0 Å². The molecule has 2 aromatic heterocycles. The normalized spacial score (nSPS) is 28.8. The number of aromatic nitrogens is 4. The Morgan fingerprint density at radius 3 is 2.86 bits per heavy atom. The lowest BCUT2D eigenvalue weighted by atomic mass is 10.1. The summed E-state index contributed by atoms with van der Waals surface area (Å²) in [6, 6.07) is -0.133. The van der Waals surface area contributed by atoms with Crippen LogP contribution in [-0.4, -0.2) is 74.6 Å². The lowest BCUT2D eigenvalue weighted by molar-refractivity contribution is -0.131. The van der Waals surface area contributed by atoms with Gasteiger partial charge in [-0.3, -0.25) is 9.48 Å². The summed E-state index contributed by atoms with van der Waals surface area (Å²) in [4.78, 5) is 22.7. The maximum absolute atomic E-state index is 12.1. The average Bonchev–Trinajstić information content (AvgIpc) is 3.46. The number of amides is 1. The molecule has 4 atom stereocenters. The van der Waals surface area contributed by atoms with E-state index in [1.54, 1.807) is 17.1 Å². The molecule has 154 valence electrons. The van der Waals surface area contributed by atoms with E-state index in [-0.39, 0.29) is 30.2 Å². The third-order valence-electron chi connectivity index (χ3n) is 5.56. The van der Waals surface area contributed by atoms with Gasteiger partial charge in [0, 0.05) is 26.2 Å². The zero-order valence-corrected chi connectivity index (χ0v) is 16.7. The van der Waals surface area contributed by atoms with Crippen molar-refractivity contribution in [1.82, 2.24) is 24.6 Å². The van der Waals surface area contributed by atoms with Crippen LogP contribution in [0.25, 0.3) is 0 Å². The minimum Gasteiger partial charge on any atom is -0.371 e. The molecule has 3 aliphatic heterocycles. The van der Waals surface area contributed by atoms with Crippen LogP contribution in [-0.2, 0) is 21.3 Å². The van der Waals surface area contributed by atoms with Crippen LogP contribution in [0.1, 0.15) is 12.8 Å². The van der Waals surface area contributed by atoms with E-state index >= 15 is 0 Å². The average molecular weight is 420 g/mol.